The molecular weight excluding hydrogens is 288 g/mol. The Kier molecular flexibility index (Phi) is 3.98. The summed E-state index contributed by atoms with van der Waals surface area (Å²) in [4.78, 5) is 21.2. The van der Waals surface area contributed by atoms with Gasteiger partial charge in [-0.2, -0.15) is 0 Å². The Labute approximate surface area is 136 Å². The van der Waals surface area contributed by atoms with Crippen LogP contribution in [-0.2, 0) is 0 Å². The predicted molar refractivity (Wildman–Crippen MR) is 93.1 cm³/mol. The van der Waals surface area contributed by atoms with Crippen molar-refractivity contribution in [1.82, 2.24) is 4.73 Å². The molecule has 0 radical (unpaired) electrons. The maximum atomic E-state index is 12.8. The molecule has 2 aliphatic rings. The number of nitrogens with zero attached hydrogens (tertiary/aromatic N) is 2. The summed E-state index contributed by atoms with van der Waals surface area (Å²) in [7, 11) is 0. The fraction of sp³-hybridized carbons (Fsp3) is 0.526. The summed E-state index contributed by atoms with van der Waals surface area (Å²) in [6, 6.07) is 7.91. The second kappa shape index (κ2) is 6.26. The summed E-state index contributed by atoms with van der Waals surface area (Å²) in [5.41, 5.74) is 1.10. The number of hydrogen-bond acceptors (Lipinski definition) is 3. The molecule has 0 unspecified atom stereocenters. The summed E-state index contributed by atoms with van der Waals surface area (Å²) in [6.45, 7) is 2.12. The van der Waals surface area contributed by atoms with Crippen molar-refractivity contribution < 1.29 is 4.84 Å². The third-order valence-corrected chi connectivity index (χ3v) is 5.13. The zero-order chi connectivity index (χ0) is 15.6. The highest BCUT2D eigenvalue weighted by Gasteiger charge is 2.20. The van der Waals surface area contributed by atoms with Gasteiger partial charge in [-0.05, 0) is 44.6 Å². The molecule has 2 aromatic rings. The highest BCUT2D eigenvalue weighted by atomic mass is 16.7. The van der Waals surface area contributed by atoms with Crippen LogP contribution in [0.5, 0.6) is 0 Å². The molecule has 1 saturated heterocycles. The van der Waals surface area contributed by atoms with Gasteiger partial charge in [0.05, 0.1) is 17.3 Å². The Hall–Kier alpha value is -1.97. The van der Waals surface area contributed by atoms with Crippen molar-refractivity contribution in [2.45, 2.75) is 51.0 Å². The first kappa shape index (κ1) is 14.6. The number of benzene rings is 1. The lowest BCUT2D eigenvalue weighted by atomic mass is 9.98. The molecule has 2 heterocycles. The second-order valence-electron chi connectivity index (χ2n) is 6.75. The lowest BCUT2D eigenvalue weighted by Crippen LogP contribution is -2.35. The van der Waals surface area contributed by atoms with Gasteiger partial charge < -0.3 is 9.74 Å². The molecule has 1 aliphatic heterocycles. The lowest BCUT2D eigenvalue weighted by Gasteiger charge is -2.25. The van der Waals surface area contributed by atoms with Crippen LogP contribution in [0.15, 0.2) is 35.3 Å². The van der Waals surface area contributed by atoms with Crippen LogP contribution >= 0.6 is 0 Å². The van der Waals surface area contributed by atoms with E-state index in [0.29, 0.717) is 0 Å². The van der Waals surface area contributed by atoms with Crippen LogP contribution < -0.4 is 15.3 Å². The highest BCUT2D eigenvalue weighted by molar-refractivity contribution is 5.93. The Bertz CT molecular complexity index is 741. The number of hydrogen-bond donors (Lipinski definition) is 0. The molecule has 1 aromatic carbocycles. The van der Waals surface area contributed by atoms with Crippen molar-refractivity contribution in [3.05, 3.63) is 40.8 Å². The predicted octanol–water partition coefficient (Wildman–Crippen LogP) is 3.36. The van der Waals surface area contributed by atoms with Crippen molar-refractivity contribution in [2.75, 3.05) is 18.0 Å². The van der Waals surface area contributed by atoms with E-state index >= 15 is 0 Å². The van der Waals surface area contributed by atoms with Crippen LogP contribution in [-0.4, -0.2) is 23.9 Å². The van der Waals surface area contributed by atoms with Gasteiger partial charge >= 0.3 is 0 Å². The number of pyridine rings is 1. The molecule has 0 N–H and O–H groups in total. The molecule has 4 heteroatoms. The third-order valence-electron chi connectivity index (χ3n) is 5.13. The molecule has 23 heavy (non-hydrogen) atoms. The Morgan fingerprint density at radius 1 is 0.913 bits per heavy atom. The summed E-state index contributed by atoms with van der Waals surface area (Å²) < 4.78 is 1.51. The van der Waals surface area contributed by atoms with Crippen LogP contribution in [0.3, 0.4) is 0 Å². The van der Waals surface area contributed by atoms with E-state index in [2.05, 4.69) is 11.0 Å². The van der Waals surface area contributed by atoms with Gasteiger partial charge in [0.25, 0.3) is 5.56 Å². The smallest absolute Gasteiger partial charge is 0.291 e. The van der Waals surface area contributed by atoms with Crippen molar-refractivity contribution in [3.8, 4) is 0 Å². The Balaban J connectivity index is 1.77. The van der Waals surface area contributed by atoms with Crippen molar-refractivity contribution >= 4 is 16.5 Å². The minimum atomic E-state index is -0.0332. The molecule has 4 rings (SSSR count). The summed E-state index contributed by atoms with van der Waals surface area (Å²) in [6.07, 6.45) is 10.3. The van der Waals surface area contributed by atoms with E-state index in [4.69, 9.17) is 4.84 Å². The van der Waals surface area contributed by atoms with Crippen molar-refractivity contribution in [2.24, 2.45) is 0 Å². The second-order valence-corrected chi connectivity index (χ2v) is 6.75. The van der Waals surface area contributed by atoms with Crippen LogP contribution in [0.4, 0.5) is 5.69 Å². The van der Waals surface area contributed by atoms with Gasteiger partial charge in [-0.25, -0.2) is 0 Å². The number of anilines is 1. The molecule has 4 nitrogen and oxygen atoms in total. The van der Waals surface area contributed by atoms with Gasteiger partial charge in [-0.15, -0.1) is 4.73 Å². The van der Waals surface area contributed by atoms with E-state index < -0.39 is 0 Å². The first-order valence-electron chi connectivity index (χ1n) is 8.89. The topological polar surface area (TPSA) is 34.5 Å². The first-order valence-corrected chi connectivity index (χ1v) is 8.89. The van der Waals surface area contributed by atoms with Gasteiger partial charge in [0.15, 0.2) is 0 Å². The van der Waals surface area contributed by atoms with E-state index in [0.717, 1.165) is 42.4 Å². The fourth-order valence-corrected chi connectivity index (χ4v) is 3.87. The lowest BCUT2D eigenvalue weighted by molar-refractivity contribution is 0.0102. The number of fused-ring (bicyclic) bond motifs is 1. The molecule has 0 bridgehead atoms. The normalized spacial score (nSPS) is 19.4. The molecule has 0 spiro atoms. The van der Waals surface area contributed by atoms with Crippen molar-refractivity contribution in [1.29, 1.82) is 0 Å². The number of rotatable bonds is 3. The zero-order valence-electron chi connectivity index (χ0n) is 13.5. The Morgan fingerprint density at radius 2 is 1.61 bits per heavy atom. The SMILES string of the molecule is O=c1c2ccccc2c(N2CCCC2)cn1OC1CCCCC1. The van der Waals surface area contributed by atoms with E-state index in [-0.39, 0.29) is 11.7 Å². The zero-order valence-corrected chi connectivity index (χ0v) is 13.5. The molecule has 1 aliphatic carbocycles. The third kappa shape index (κ3) is 2.82. The first-order chi connectivity index (χ1) is 11.3. The molecule has 0 atom stereocenters. The molecule has 0 amide bonds. The van der Waals surface area contributed by atoms with E-state index in [1.165, 1.54) is 36.8 Å². The molecule has 1 aromatic heterocycles. The van der Waals surface area contributed by atoms with Crippen molar-refractivity contribution in [3.63, 3.8) is 0 Å². The summed E-state index contributed by atoms with van der Waals surface area (Å²) in [5, 5.41) is 1.80. The maximum absolute atomic E-state index is 12.8. The van der Waals surface area contributed by atoms with Gasteiger partial charge in [0.1, 0.15) is 6.10 Å². The standard InChI is InChI=1S/C19H24N2O2/c22-19-17-11-5-4-10-16(17)18(20-12-6-7-13-20)14-21(19)23-15-8-2-1-3-9-15/h4-5,10-11,14-15H,1-3,6-9,12-13H2. The van der Waals surface area contributed by atoms with E-state index in [1.807, 2.05) is 24.4 Å². The minimum absolute atomic E-state index is 0.0332. The summed E-state index contributed by atoms with van der Waals surface area (Å²) >= 11 is 0. The average Bonchev–Trinajstić information content (AvgIpc) is 3.13. The largest absolute Gasteiger partial charge is 0.407 e. The van der Waals surface area contributed by atoms with Gasteiger partial charge in [-0.3, -0.25) is 4.79 Å². The minimum Gasteiger partial charge on any atom is -0.407 e. The fourth-order valence-electron chi connectivity index (χ4n) is 3.87. The van der Waals surface area contributed by atoms with Crippen LogP contribution in [0.25, 0.3) is 10.8 Å². The maximum Gasteiger partial charge on any atom is 0.291 e. The number of aromatic nitrogens is 1. The van der Waals surface area contributed by atoms with E-state index in [1.54, 1.807) is 0 Å². The molecule has 2 fully saturated rings. The quantitative estimate of drug-likeness (QED) is 0.871. The molecule has 1 saturated carbocycles. The Morgan fingerprint density at radius 3 is 2.35 bits per heavy atom. The van der Waals surface area contributed by atoms with Gasteiger partial charge in [0, 0.05) is 18.5 Å². The van der Waals surface area contributed by atoms with Gasteiger partial charge in [-0.1, -0.05) is 24.6 Å². The highest BCUT2D eigenvalue weighted by Crippen LogP contribution is 2.27. The van der Waals surface area contributed by atoms with Crippen LogP contribution in [0, 0.1) is 0 Å². The summed E-state index contributed by atoms with van der Waals surface area (Å²) in [5.74, 6) is 0. The van der Waals surface area contributed by atoms with Gasteiger partial charge in [0.2, 0.25) is 0 Å². The van der Waals surface area contributed by atoms with E-state index in [9.17, 15) is 4.79 Å². The van der Waals surface area contributed by atoms with Crippen LogP contribution in [0.2, 0.25) is 0 Å². The monoisotopic (exact) mass is 312 g/mol. The van der Waals surface area contributed by atoms with Crippen LogP contribution in [0.1, 0.15) is 44.9 Å². The molecule has 122 valence electrons. The average molecular weight is 312 g/mol. The molecular formula is C19H24N2O2.